The van der Waals surface area contributed by atoms with E-state index < -0.39 is 0 Å². The predicted octanol–water partition coefficient (Wildman–Crippen LogP) is 4.62. The Bertz CT molecular complexity index is 961. The third-order valence-corrected chi connectivity index (χ3v) is 4.32. The van der Waals surface area contributed by atoms with E-state index >= 15 is 0 Å². The van der Waals surface area contributed by atoms with E-state index in [9.17, 15) is 4.79 Å². The van der Waals surface area contributed by atoms with Crippen LogP contribution in [0.1, 0.15) is 15.9 Å². The lowest BCUT2D eigenvalue weighted by Gasteiger charge is -2.11. The number of ether oxygens (including phenoxy) is 2. The van der Waals surface area contributed by atoms with Gasteiger partial charge in [0.05, 0.1) is 25.5 Å². The van der Waals surface area contributed by atoms with Gasteiger partial charge in [0, 0.05) is 23.3 Å². The van der Waals surface area contributed by atoms with Gasteiger partial charge in [0.25, 0.3) is 5.91 Å². The molecule has 0 bridgehead atoms. The number of amides is 1. The highest BCUT2D eigenvalue weighted by molar-refractivity contribution is 6.31. The SMILES string of the molecule is COc1ccccc1CNc1ccc(C(=O)Nc2cc(Cl)ccc2OC)cn1. The van der Waals surface area contributed by atoms with E-state index in [0.29, 0.717) is 34.4 Å². The molecule has 0 atom stereocenters. The van der Waals surface area contributed by atoms with Gasteiger partial charge in [-0.15, -0.1) is 0 Å². The van der Waals surface area contributed by atoms with Crippen LogP contribution in [0, 0.1) is 0 Å². The third-order valence-electron chi connectivity index (χ3n) is 4.09. The second-order valence-corrected chi connectivity index (χ2v) is 6.33. The van der Waals surface area contributed by atoms with Crippen LogP contribution in [0.15, 0.2) is 60.8 Å². The van der Waals surface area contributed by atoms with Gasteiger partial charge in [0.15, 0.2) is 0 Å². The van der Waals surface area contributed by atoms with Gasteiger partial charge in [0.2, 0.25) is 0 Å². The molecule has 0 spiro atoms. The van der Waals surface area contributed by atoms with Crippen LogP contribution in [0.5, 0.6) is 11.5 Å². The minimum absolute atomic E-state index is 0.302. The Morgan fingerprint density at radius 3 is 2.54 bits per heavy atom. The fourth-order valence-corrected chi connectivity index (χ4v) is 2.81. The van der Waals surface area contributed by atoms with Crippen LogP contribution in [0.2, 0.25) is 5.02 Å². The second kappa shape index (κ2) is 9.10. The molecule has 3 aromatic rings. The molecule has 1 amide bonds. The van der Waals surface area contributed by atoms with Crippen molar-refractivity contribution >= 4 is 29.0 Å². The fourth-order valence-electron chi connectivity index (χ4n) is 2.64. The van der Waals surface area contributed by atoms with Crippen LogP contribution >= 0.6 is 11.6 Å². The van der Waals surface area contributed by atoms with Crippen molar-refractivity contribution in [3.63, 3.8) is 0 Å². The summed E-state index contributed by atoms with van der Waals surface area (Å²) in [4.78, 5) is 16.8. The van der Waals surface area contributed by atoms with Crippen molar-refractivity contribution in [3.05, 3.63) is 76.9 Å². The molecule has 0 aliphatic heterocycles. The van der Waals surface area contributed by atoms with Gasteiger partial charge in [-0.3, -0.25) is 4.79 Å². The molecular formula is C21H20ClN3O3. The van der Waals surface area contributed by atoms with E-state index in [2.05, 4.69) is 15.6 Å². The van der Waals surface area contributed by atoms with E-state index in [1.54, 1.807) is 37.4 Å². The quantitative estimate of drug-likeness (QED) is 0.608. The van der Waals surface area contributed by atoms with Crippen molar-refractivity contribution in [2.45, 2.75) is 6.54 Å². The number of carbonyl (C=O) groups excluding carboxylic acids is 1. The maximum Gasteiger partial charge on any atom is 0.257 e. The number of nitrogens with one attached hydrogen (secondary N) is 2. The molecule has 0 aliphatic carbocycles. The molecule has 0 aliphatic rings. The molecule has 144 valence electrons. The normalized spacial score (nSPS) is 10.2. The van der Waals surface area contributed by atoms with Gasteiger partial charge in [-0.25, -0.2) is 4.98 Å². The number of pyridine rings is 1. The standard InChI is InChI=1S/C21H20ClN3O3/c1-27-18-6-4-3-5-14(18)12-23-20-10-7-15(13-24-20)21(26)25-17-11-16(22)8-9-19(17)28-2/h3-11,13H,12H2,1-2H3,(H,23,24)(H,25,26). The molecule has 0 radical (unpaired) electrons. The summed E-state index contributed by atoms with van der Waals surface area (Å²) in [6.07, 6.45) is 1.51. The van der Waals surface area contributed by atoms with Crippen LogP contribution in [0.4, 0.5) is 11.5 Å². The average molecular weight is 398 g/mol. The van der Waals surface area contributed by atoms with E-state index in [1.165, 1.54) is 13.3 Å². The zero-order chi connectivity index (χ0) is 19.9. The summed E-state index contributed by atoms with van der Waals surface area (Å²) >= 11 is 5.99. The molecule has 28 heavy (non-hydrogen) atoms. The first-order chi connectivity index (χ1) is 13.6. The minimum Gasteiger partial charge on any atom is -0.496 e. The smallest absolute Gasteiger partial charge is 0.257 e. The van der Waals surface area contributed by atoms with Crippen LogP contribution in [-0.4, -0.2) is 25.1 Å². The van der Waals surface area contributed by atoms with Crippen molar-refractivity contribution in [2.24, 2.45) is 0 Å². The van der Waals surface area contributed by atoms with E-state index in [4.69, 9.17) is 21.1 Å². The van der Waals surface area contributed by atoms with Gasteiger partial charge in [-0.1, -0.05) is 29.8 Å². The Hall–Kier alpha value is -3.25. The molecule has 0 unspecified atom stereocenters. The van der Waals surface area contributed by atoms with Crippen molar-refractivity contribution in [2.75, 3.05) is 24.9 Å². The number of hydrogen-bond acceptors (Lipinski definition) is 5. The van der Waals surface area contributed by atoms with Crippen LogP contribution in [0.3, 0.4) is 0 Å². The highest BCUT2D eigenvalue weighted by Crippen LogP contribution is 2.28. The van der Waals surface area contributed by atoms with Crippen LogP contribution in [-0.2, 0) is 6.54 Å². The van der Waals surface area contributed by atoms with Crippen LogP contribution in [0.25, 0.3) is 0 Å². The molecular weight excluding hydrogens is 378 g/mol. The largest absolute Gasteiger partial charge is 0.496 e. The summed E-state index contributed by atoms with van der Waals surface area (Å²) < 4.78 is 10.6. The molecule has 6 nitrogen and oxygen atoms in total. The number of para-hydroxylation sites is 1. The number of nitrogens with zero attached hydrogens (tertiary/aromatic N) is 1. The van der Waals surface area contributed by atoms with Crippen molar-refractivity contribution < 1.29 is 14.3 Å². The lowest BCUT2D eigenvalue weighted by Crippen LogP contribution is -2.13. The zero-order valence-electron chi connectivity index (χ0n) is 15.5. The lowest BCUT2D eigenvalue weighted by molar-refractivity contribution is 0.102. The number of halogens is 1. The van der Waals surface area contributed by atoms with Crippen molar-refractivity contribution in [1.29, 1.82) is 0 Å². The molecule has 2 aromatic carbocycles. The molecule has 1 heterocycles. The topological polar surface area (TPSA) is 72.5 Å². The molecule has 2 N–H and O–H groups in total. The zero-order valence-corrected chi connectivity index (χ0v) is 16.3. The summed E-state index contributed by atoms with van der Waals surface area (Å²) in [5, 5.41) is 6.51. The summed E-state index contributed by atoms with van der Waals surface area (Å²) in [5.41, 5.74) is 1.94. The Balaban J connectivity index is 1.65. The second-order valence-electron chi connectivity index (χ2n) is 5.90. The van der Waals surface area contributed by atoms with E-state index in [0.717, 1.165) is 11.3 Å². The van der Waals surface area contributed by atoms with Gasteiger partial charge in [-0.2, -0.15) is 0 Å². The molecule has 0 saturated carbocycles. The number of carbonyl (C=O) groups is 1. The molecule has 1 aromatic heterocycles. The first-order valence-corrected chi connectivity index (χ1v) is 8.95. The van der Waals surface area contributed by atoms with Gasteiger partial charge < -0.3 is 20.1 Å². The van der Waals surface area contributed by atoms with E-state index in [-0.39, 0.29) is 5.91 Å². The first-order valence-electron chi connectivity index (χ1n) is 8.57. The summed E-state index contributed by atoms with van der Waals surface area (Å²) in [5.74, 6) is 1.69. The lowest BCUT2D eigenvalue weighted by atomic mass is 10.2. The maximum absolute atomic E-state index is 12.5. The molecule has 3 rings (SSSR count). The Labute approximate surface area is 168 Å². The molecule has 0 saturated heterocycles. The fraction of sp³-hybridized carbons (Fsp3) is 0.143. The van der Waals surface area contributed by atoms with Crippen molar-refractivity contribution in [1.82, 2.24) is 4.98 Å². The first kappa shape index (κ1) is 19.5. The Morgan fingerprint density at radius 1 is 1.04 bits per heavy atom. The van der Waals surface area contributed by atoms with Crippen molar-refractivity contribution in [3.8, 4) is 11.5 Å². The third kappa shape index (κ3) is 4.72. The number of methoxy groups -OCH3 is 2. The van der Waals surface area contributed by atoms with E-state index in [1.807, 2.05) is 24.3 Å². The number of benzene rings is 2. The Kier molecular flexibility index (Phi) is 6.34. The predicted molar refractivity (Wildman–Crippen MR) is 111 cm³/mol. The highest BCUT2D eigenvalue weighted by Gasteiger charge is 2.11. The van der Waals surface area contributed by atoms with Gasteiger partial charge in [0.1, 0.15) is 17.3 Å². The number of hydrogen-bond donors (Lipinski definition) is 2. The summed E-state index contributed by atoms with van der Waals surface area (Å²) in [6.45, 7) is 0.558. The van der Waals surface area contributed by atoms with Crippen LogP contribution < -0.4 is 20.1 Å². The maximum atomic E-state index is 12.5. The van der Waals surface area contributed by atoms with Gasteiger partial charge in [-0.05, 0) is 36.4 Å². The number of anilines is 2. The average Bonchev–Trinajstić information content (AvgIpc) is 2.73. The highest BCUT2D eigenvalue weighted by atomic mass is 35.5. The monoisotopic (exact) mass is 397 g/mol. The number of aromatic nitrogens is 1. The minimum atomic E-state index is -0.302. The molecule has 0 fully saturated rings. The summed E-state index contributed by atoms with van der Waals surface area (Å²) in [7, 11) is 3.17. The molecule has 7 heteroatoms. The summed E-state index contributed by atoms with van der Waals surface area (Å²) in [6, 6.07) is 16.2. The Morgan fingerprint density at radius 2 is 1.82 bits per heavy atom. The van der Waals surface area contributed by atoms with Gasteiger partial charge >= 0.3 is 0 Å². The number of rotatable bonds is 7.